The van der Waals surface area contributed by atoms with E-state index < -0.39 is 0 Å². The van der Waals surface area contributed by atoms with E-state index in [-0.39, 0.29) is 11.8 Å². The molecular formula is C14H22N4O2. The SMILES string of the molecule is CCCNC(=O)CCNc1cc(N)ccc1C(=O)NC. The molecule has 0 bridgehead atoms. The van der Waals surface area contributed by atoms with Crippen LogP contribution in [0.3, 0.4) is 0 Å². The molecule has 1 aromatic rings. The maximum atomic E-state index is 11.7. The molecule has 1 rings (SSSR count). The van der Waals surface area contributed by atoms with Crippen LogP contribution in [0.15, 0.2) is 18.2 Å². The maximum absolute atomic E-state index is 11.7. The molecule has 110 valence electrons. The Morgan fingerprint density at radius 1 is 1.25 bits per heavy atom. The first-order valence-electron chi connectivity index (χ1n) is 6.70. The maximum Gasteiger partial charge on any atom is 0.253 e. The Morgan fingerprint density at radius 2 is 2.00 bits per heavy atom. The molecule has 6 heteroatoms. The van der Waals surface area contributed by atoms with Crippen molar-refractivity contribution >= 4 is 23.2 Å². The van der Waals surface area contributed by atoms with Crippen molar-refractivity contribution in [3.63, 3.8) is 0 Å². The van der Waals surface area contributed by atoms with Crippen molar-refractivity contribution in [3.05, 3.63) is 23.8 Å². The van der Waals surface area contributed by atoms with Gasteiger partial charge in [0.1, 0.15) is 0 Å². The number of amides is 2. The first kappa shape index (κ1) is 15.8. The van der Waals surface area contributed by atoms with Gasteiger partial charge in [-0.15, -0.1) is 0 Å². The first-order chi connectivity index (χ1) is 9.58. The number of rotatable bonds is 7. The Bertz CT molecular complexity index is 474. The average Bonchev–Trinajstić information content (AvgIpc) is 2.44. The normalized spacial score (nSPS) is 9.90. The number of anilines is 2. The fraction of sp³-hybridized carbons (Fsp3) is 0.429. The number of benzene rings is 1. The van der Waals surface area contributed by atoms with Gasteiger partial charge in [-0.05, 0) is 24.6 Å². The Hall–Kier alpha value is -2.24. The second kappa shape index (κ2) is 8.04. The van der Waals surface area contributed by atoms with Gasteiger partial charge in [-0.25, -0.2) is 0 Å². The smallest absolute Gasteiger partial charge is 0.253 e. The second-order valence-corrected chi connectivity index (χ2v) is 4.41. The van der Waals surface area contributed by atoms with Gasteiger partial charge in [0.05, 0.1) is 5.56 Å². The van der Waals surface area contributed by atoms with Crippen LogP contribution >= 0.6 is 0 Å². The van der Waals surface area contributed by atoms with E-state index in [0.717, 1.165) is 6.42 Å². The van der Waals surface area contributed by atoms with Gasteiger partial charge in [-0.2, -0.15) is 0 Å². The summed E-state index contributed by atoms with van der Waals surface area (Å²) in [5.41, 5.74) is 7.42. The summed E-state index contributed by atoms with van der Waals surface area (Å²) in [5, 5.41) is 8.44. The first-order valence-corrected chi connectivity index (χ1v) is 6.70. The van der Waals surface area contributed by atoms with Gasteiger partial charge >= 0.3 is 0 Å². The number of nitrogen functional groups attached to an aromatic ring is 1. The largest absolute Gasteiger partial charge is 0.399 e. The number of carbonyl (C=O) groups is 2. The van der Waals surface area contributed by atoms with Crippen LogP contribution in [-0.2, 0) is 4.79 Å². The van der Waals surface area contributed by atoms with E-state index in [2.05, 4.69) is 16.0 Å². The highest BCUT2D eigenvalue weighted by Crippen LogP contribution is 2.19. The minimum absolute atomic E-state index is 0.00949. The molecule has 0 heterocycles. The number of nitrogens with two attached hydrogens (primary N) is 1. The van der Waals surface area contributed by atoms with E-state index in [0.29, 0.717) is 36.4 Å². The summed E-state index contributed by atoms with van der Waals surface area (Å²) >= 11 is 0. The van der Waals surface area contributed by atoms with Gasteiger partial charge in [0.2, 0.25) is 5.91 Å². The van der Waals surface area contributed by atoms with Gasteiger partial charge in [0, 0.05) is 37.9 Å². The lowest BCUT2D eigenvalue weighted by molar-refractivity contribution is -0.120. The Balaban J connectivity index is 2.60. The van der Waals surface area contributed by atoms with Crippen molar-refractivity contribution in [3.8, 4) is 0 Å². The summed E-state index contributed by atoms with van der Waals surface area (Å²) in [6, 6.07) is 5.02. The van der Waals surface area contributed by atoms with Crippen LogP contribution in [-0.4, -0.2) is 32.0 Å². The molecule has 20 heavy (non-hydrogen) atoms. The Morgan fingerprint density at radius 3 is 2.65 bits per heavy atom. The minimum Gasteiger partial charge on any atom is -0.399 e. The molecule has 0 saturated carbocycles. The molecule has 0 aromatic heterocycles. The topological polar surface area (TPSA) is 96.2 Å². The molecule has 1 aromatic carbocycles. The Labute approximate surface area is 119 Å². The van der Waals surface area contributed by atoms with E-state index >= 15 is 0 Å². The lowest BCUT2D eigenvalue weighted by atomic mass is 10.1. The van der Waals surface area contributed by atoms with Gasteiger partial charge in [0.25, 0.3) is 5.91 Å². The molecule has 0 radical (unpaired) electrons. The van der Waals surface area contributed by atoms with E-state index in [4.69, 9.17) is 5.73 Å². The highest BCUT2D eigenvalue weighted by atomic mass is 16.2. The van der Waals surface area contributed by atoms with E-state index in [1.54, 1.807) is 25.2 Å². The zero-order valence-electron chi connectivity index (χ0n) is 12.0. The monoisotopic (exact) mass is 278 g/mol. The van der Waals surface area contributed by atoms with Crippen LogP contribution in [0, 0.1) is 0 Å². The average molecular weight is 278 g/mol. The van der Waals surface area contributed by atoms with Crippen molar-refractivity contribution in [2.24, 2.45) is 0 Å². The fourth-order valence-corrected chi connectivity index (χ4v) is 1.70. The van der Waals surface area contributed by atoms with Crippen LogP contribution in [0.4, 0.5) is 11.4 Å². The second-order valence-electron chi connectivity index (χ2n) is 4.41. The molecule has 6 nitrogen and oxygen atoms in total. The number of carbonyl (C=O) groups excluding carboxylic acids is 2. The highest BCUT2D eigenvalue weighted by Gasteiger charge is 2.10. The summed E-state index contributed by atoms with van der Waals surface area (Å²) < 4.78 is 0. The molecular weight excluding hydrogens is 256 g/mol. The standard InChI is InChI=1S/C14H22N4O2/c1-3-7-18-13(19)6-8-17-12-9-10(15)4-5-11(12)14(20)16-2/h4-5,9,17H,3,6-8,15H2,1-2H3,(H,16,20)(H,18,19). The van der Waals surface area contributed by atoms with E-state index in [9.17, 15) is 9.59 Å². The number of hydrogen-bond acceptors (Lipinski definition) is 4. The third kappa shape index (κ3) is 4.79. The molecule has 2 amide bonds. The molecule has 5 N–H and O–H groups in total. The van der Waals surface area contributed by atoms with Crippen LogP contribution in [0.1, 0.15) is 30.1 Å². The van der Waals surface area contributed by atoms with E-state index in [1.165, 1.54) is 0 Å². The predicted octanol–water partition coefficient (Wildman–Crippen LogP) is 0.957. The quantitative estimate of drug-likeness (QED) is 0.558. The highest BCUT2D eigenvalue weighted by molar-refractivity contribution is 6.00. The van der Waals surface area contributed by atoms with Gasteiger partial charge < -0.3 is 21.7 Å². The fourth-order valence-electron chi connectivity index (χ4n) is 1.70. The zero-order chi connectivity index (χ0) is 15.0. The molecule has 0 aliphatic heterocycles. The zero-order valence-corrected chi connectivity index (χ0v) is 12.0. The van der Waals surface area contributed by atoms with Crippen LogP contribution in [0.2, 0.25) is 0 Å². The third-order valence-corrected chi connectivity index (χ3v) is 2.75. The van der Waals surface area contributed by atoms with Crippen LogP contribution in [0.5, 0.6) is 0 Å². The lowest BCUT2D eigenvalue weighted by Gasteiger charge is -2.12. The number of hydrogen-bond donors (Lipinski definition) is 4. The summed E-state index contributed by atoms with van der Waals surface area (Å²) in [5.74, 6) is -0.201. The van der Waals surface area contributed by atoms with Crippen molar-refractivity contribution in [2.45, 2.75) is 19.8 Å². The molecule has 0 aliphatic carbocycles. The van der Waals surface area contributed by atoms with Gasteiger partial charge in [-0.3, -0.25) is 9.59 Å². The molecule has 0 unspecified atom stereocenters. The minimum atomic E-state index is -0.192. The van der Waals surface area contributed by atoms with Crippen LogP contribution < -0.4 is 21.7 Å². The van der Waals surface area contributed by atoms with Gasteiger partial charge in [-0.1, -0.05) is 6.92 Å². The number of nitrogens with one attached hydrogen (secondary N) is 3. The van der Waals surface area contributed by atoms with Crippen molar-refractivity contribution in [1.29, 1.82) is 0 Å². The summed E-state index contributed by atoms with van der Waals surface area (Å²) in [4.78, 5) is 23.2. The predicted molar refractivity (Wildman–Crippen MR) is 80.7 cm³/mol. The molecule has 0 saturated heterocycles. The summed E-state index contributed by atoms with van der Waals surface area (Å²) in [7, 11) is 1.57. The van der Waals surface area contributed by atoms with Crippen LogP contribution in [0.25, 0.3) is 0 Å². The molecule has 0 aliphatic rings. The van der Waals surface area contributed by atoms with Crippen molar-refractivity contribution in [1.82, 2.24) is 10.6 Å². The molecule has 0 spiro atoms. The molecule has 0 atom stereocenters. The van der Waals surface area contributed by atoms with Crippen molar-refractivity contribution < 1.29 is 9.59 Å². The summed E-state index contributed by atoms with van der Waals surface area (Å²) in [6.45, 7) is 3.13. The lowest BCUT2D eigenvalue weighted by Crippen LogP contribution is -2.26. The third-order valence-electron chi connectivity index (χ3n) is 2.75. The van der Waals surface area contributed by atoms with Gasteiger partial charge in [0.15, 0.2) is 0 Å². The Kier molecular flexibility index (Phi) is 6.36. The van der Waals surface area contributed by atoms with Crippen molar-refractivity contribution in [2.75, 3.05) is 31.2 Å². The summed E-state index contributed by atoms with van der Waals surface area (Å²) in [6.07, 6.45) is 1.26. The van der Waals surface area contributed by atoms with E-state index in [1.807, 2.05) is 6.92 Å². The molecule has 0 fully saturated rings.